The van der Waals surface area contributed by atoms with Crippen LogP contribution in [0.1, 0.15) is 56.3 Å². The van der Waals surface area contributed by atoms with E-state index in [-0.39, 0.29) is 11.0 Å². The molecule has 2 aromatic carbocycles. The topological polar surface area (TPSA) is 59.6 Å². The Morgan fingerprint density at radius 2 is 1.48 bits per heavy atom. The minimum Gasteiger partial charge on any atom is -0.494 e. The molecule has 0 spiro atoms. The molecule has 0 aromatic heterocycles. The molecule has 0 unspecified atom stereocenters. The smallest absolute Gasteiger partial charge is 0.257 e. The average Bonchev–Trinajstić information content (AvgIpc) is 2.72. The van der Waals surface area contributed by atoms with Crippen LogP contribution >= 0.6 is 12.2 Å². The number of carbonyl (C=O) groups excluding carboxylic acids is 1. The number of amides is 1. The predicted octanol–water partition coefficient (Wildman–Crippen LogP) is 5.56. The first-order valence-corrected chi connectivity index (χ1v) is 10.6. The van der Waals surface area contributed by atoms with Gasteiger partial charge in [0.15, 0.2) is 5.11 Å². The van der Waals surface area contributed by atoms with Crippen molar-refractivity contribution in [3.63, 3.8) is 0 Å². The van der Waals surface area contributed by atoms with E-state index in [2.05, 4.69) is 17.6 Å². The lowest BCUT2D eigenvalue weighted by molar-refractivity contribution is 0.0977. The van der Waals surface area contributed by atoms with E-state index in [1.54, 1.807) is 24.3 Å². The minimum absolute atomic E-state index is 0.244. The third-order valence-corrected chi connectivity index (χ3v) is 4.49. The van der Waals surface area contributed by atoms with Crippen LogP contribution in [0, 0.1) is 0 Å². The third kappa shape index (κ3) is 8.52. The van der Waals surface area contributed by atoms with Gasteiger partial charge in [0.25, 0.3) is 5.91 Å². The first-order valence-electron chi connectivity index (χ1n) is 10.2. The fourth-order valence-electron chi connectivity index (χ4n) is 2.74. The summed E-state index contributed by atoms with van der Waals surface area (Å²) in [7, 11) is 0. The van der Waals surface area contributed by atoms with Gasteiger partial charge in [-0.05, 0) is 74.1 Å². The van der Waals surface area contributed by atoms with Gasteiger partial charge in [-0.2, -0.15) is 0 Å². The number of anilines is 1. The van der Waals surface area contributed by atoms with Crippen LogP contribution in [0.5, 0.6) is 11.5 Å². The molecule has 0 aliphatic rings. The maximum Gasteiger partial charge on any atom is 0.257 e. The summed E-state index contributed by atoms with van der Waals surface area (Å²) < 4.78 is 11.1. The molecule has 2 rings (SSSR count). The quantitative estimate of drug-likeness (QED) is 0.372. The number of unbranched alkanes of at least 4 members (excludes halogenated alkanes) is 4. The first kappa shape index (κ1) is 22.7. The van der Waals surface area contributed by atoms with E-state index in [0.29, 0.717) is 12.2 Å². The standard InChI is InChI=1S/C23H30N2O3S/c1-3-5-6-7-8-17-28-21-15-11-19(12-16-21)24-23(29)25-22(26)18-9-13-20(14-10-18)27-4-2/h9-16H,3-8,17H2,1-2H3,(H2,24,25,26,29). The summed E-state index contributed by atoms with van der Waals surface area (Å²) in [6.45, 7) is 5.44. The second kappa shape index (κ2) is 12.8. The van der Waals surface area contributed by atoms with E-state index in [0.717, 1.165) is 30.2 Å². The number of ether oxygens (including phenoxy) is 2. The largest absolute Gasteiger partial charge is 0.494 e. The van der Waals surface area contributed by atoms with Crippen molar-refractivity contribution >= 4 is 28.9 Å². The van der Waals surface area contributed by atoms with Crippen molar-refractivity contribution < 1.29 is 14.3 Å². The fraction of sp³-hybridized carbons (Fsp3) is 0.391. The number of nitrogens with one attached hydrogen (secondary N) is 2. The van der Waals surface area contributed by atoms with Crippen molar-refractivity contribution in [2.45, 2.75) is 46.0 Å². The van der Waals surface area contributed by atoms with E-state index in [4.69, 9.17) is 21.7 Å². The zero-order chi connectivity index (χ0) is 20.9. The Bertz CT molecular complexity index is 761. The molecule has 5 nitrogen and oxygen atoms in total. The SMILES string of the molecule is CCCCCCCOc1ccc(NC(=S)NC(=O)c2ccc(OCC)cc2)cc1. The average molecular weight is 415 g/mol. The molecule has 156 valence electrons. The van der Waals surface area contributed by atoms with Gasteiger partial charge >= 0.3 is 0 Å². The molecule has 0 atom stereocenters. The van der Waals surface area contributed by atoms with Gasteiger partial charge in [-0.1, -0.05) is 32.6 Å². The molecule has 6 heteroatoms. The van der Waals surface area contributed by atoms with Gasteiger partial charge in [0.1, 0.15) is 11.5 Å². The molecular formula is C23H30N2O3S. The summed E-state index contributed by atoms with van der Waals surface area (Å²) in [4.78, 5) is 12.3. The molecule has 0 radical (unpaired) electrons. The van der Waals surface area contributed by atoms with Crippen LogP contribution in [0.3, 0.4) is 0 Å². The molecule has 0 aliphatic heterocycles. The summed E-state index contributed by atoms with van der Waals surface area (Å²) in [5.74, 6) is 1.29. The van der Waals surface area contributed by atoms with Gasteiger partial charge in [0, 0.05) is 11.3 Å². The minimum atomic E-state index is -0.270. The van der Waals surface area contributed by atoms with Crippen LogP contribution < -0.4 is 20.1 Å². The molecule has 0 aliphatic carbocycles. The van der Waals surface area contributed by atoms with E-state index in [1.165, 1.54) is 25.7 Å². The maximum absolute atomic E-state index is 12.3. The van der Waals surface area contributed by atoms with Crippen LogP contribution in [-0.4, -0.2) is 24.2 Å². The molecule has 0 saturated carbocycles. The van der Waals surface area contributed by atoms with E-state index < -0.39 is 0 Å². The lowest BCUT2D eigenvalue weighted by Crippen LogP contribution is -2.34. The molecule has 0 heterocycles. The van der Waals surface area contributed by atoms with Crippen molar-refractivity contribution in [3.05, 3.63) is 54.1 Å². The molecule has 29 heavy (non-hydrogen) atoms. The number of hydrogen-bond donors (Lipinski definition) is 2. The van der Waals surface area contributed by atoms with Crippen molar-refractivity contribution in [3.8, 4) is 11.5 Å². The monoisotopic (exact) mass is 414 g/mol. The van der Waals surface area contributed by atoms with E-state index in [1.807, 2.05) is 31.2 Å². The highest BCUT2D eigenvalue weighted by atomic mass is 32.1. The zero-order valence-electron chi connectivity index (χ0n) is 17.2. The number of benzene rings is 2. The van der Waals surface area contributed by atoms with Crippen LogP contribution in [0.25, 0.3) is 0 Å². The second-order valence-electron chi connectivity index (χ2n) is 6.65. The van der Waals surface area contributed by atoms with E-state index in [9.17, 15) is 4.79 Å². The van der Waals surface area contributed by atoms with Crippen molar-refractivity contribution in [2.24, 2.45) is 0 Å². The number of thiocarbonyl (C=S) groups is 1. The normalized spacial score (nSPS) is 10.3. The Balaban J connectivity index is 1.74. The van der Waals surface area contributed by atoms with Crippen LogP contribution in [0.15, 0.2) is 48.5 Å². The van der Waals surface area contributed by atoms with Crippen LogP contribution in [0.4, 0.5) is 5.69 Å². The van der Waals surface area contributed by atoms with Crippen LogP contribution in [-0.2, 0) is 0 Å². The van der Waals surface area contributed by atoms with Gasteiger partial charge < -0.3 is 14.8 Å². The van der Waals surface area contributed by atoms with E-state index >= 15 is 0 Å². The van der Waals surface area contributed by atoms with Gasteiger partial charge in [-0.25, -0.2) is 0 Å². The zero-order valence-corrected chi connectivity index (χ0v) is 18.0. The highest BCUT2D eigenvalue weighted by Gasteiger charge is 2.08. The summed E-state index contributed by atoms with van der Waals surface area (Å²) in [5, 5.41) is 5.93. The summed E-state index contributed by atoms with van der Waals surface area (Å²) in [6.07, 6.45) is 6.08. The number of carbonyl (C=O) groups is 1. The highest BCUT2D eigenvalue weighted by Crippen LogP contribution is 2.17. The molecule has 0 bridgehead atoms. The summed E-state index contributed by atoms with van der Waals surface area (Å²) >= 11 is 5.23. The van der Waals surface area contributed by atoms with Crippen LogP contribution in [0.2, 0.25) is 0 Å². The molecule has 0 saturated heterocycles. The van der Waals surface area contributed by atoms with Gasteiger partial charge in [-0.15, -0.1) is 0 Å². The Morgan fingerprint density at radius 1 is 0.862 bits per heavy atom. The van der Waals surface area contributed by atoms with Crippen molar-refractivity contribution in [2.75, 3.05) is 18.5 Å². The maximum atomic E-state index is 12.3. The molecule has 0 fully saturated rings. The molecule has 2 aromatic rings. The van der Waals surface area contributed by atoms with Gasteiger partial charge in [0.05, 0.1) is 13.2 Å². The Morgan fingerprint density at radius 3 is 2.14 bits per heavy atom. The second-order valence-corrected chi connectivity index (χ2v) is 7.06. The highest BCUT2D eigenvalue weighted by molar-refractivity contribution is 7.80. The summed E-state index contributed by atoms with van der Waals surface area (Å²) in [6, 6.07) is 14.5. The van der Waals surface area contributed by atoms with Gasteiger partial charge in [0.2, 0.25) is 0 Å². The number of hydrogen-bond acceptors (Lipinski definition) is 4. The van der Waals surface area contributed by atoms with Gasteiger partial charge in [-0.3, -0.25) is 10.1 Å². The number of rotatable bonds is 11. The summed E-state index contributed by atoms with van der Waals surface area (Å²) in [5.41, 5.74) is 1.30. The molecular weight excluding hydrogens is 384 g/mol. The molecule has 1 amide bonds. The van der Waals surface area contributed by atoms with Crippen molar-refractivity contribution in [1.29, 1.82) is 0 Å². The fourth-order valence-corrected chi connectivity index (χ4v) is 2.95. The lowest BCUT2D eigenvalue weighted by Gasteiger charge is -2.11. The Labute approximate surface area is 178 Å². The first-order chi connectivity index (χ1) is 14.1. The third-order valence-electron chi connectivity index (χ3n) is 4.28. The predicted molar refractivity (Wildman–Crippen MR) is 122 cm³/mol. The Kier molecular flexibility index (Phi) is 10.00. The Hall–Kier alpha value is -2.60. The lowest BCUT2D eigenvalue weighted by atomic mass is 10.2. The molecule has 2 N–H and O–H groups in total. The van der Waals surface area contributed by atoms with Crippen molar-refractivity contribution in [1.82, 2.24) is 5.32 Å².